The van der Waals surface area contributed by atoms with Crippen LogP contribution in [0.25, 0.3) is 0 Å². The molecular weight excluding hydrogens is 360 g/mol. The zero-order chi connectivity index (χ0) is 19.4. The maximum Gasteiger partial charge on any atom is 0.292 e. The monoisotopic (exact) mass is 380 g/mol. The molecular formula is C21H20N2O3S. The van der Waals surface area contributed by atoms with Crippen LogP contribution in [-0.4, -0.2) is 17.5 Å². The van der Waals surface area contributed by atoms with E-state index in [1.165, 1.54) is 11.8 Å². The zero-order valence-electron chi connectivity index (χ0n) is 15.2. The first-order valence-corrected chi connectivity index (χ1v) is 9.51. The topological polar surface area (TPSA) is 75.3 Å². The molecule has 0 unspecified atom stereocenters. The predicted octanol–water partition coefficient (Wildman–Crippen LogP) is 4.17. The molecule has 0 saturated carbocycles. The molecule has 2 N–H and O–H groups in total. The molecule has 138 valence electrons. The highest BCUT2D eigenvalue weighted by molar-refractivity contribution is 8.04. The highest BCUT2D eigenvalue weighted by atomic mass is 32.2. The molecule has 0 radical (unpaired) electrons. The number of carbonyl (C=O) groups excluding carboxylic acids is 3. The quantitative estimate of drug-likeness (QED) is 0.581. The molecule has 1 aliphatic heterocycles. The highest BCUT2D eigenvalue weighted by Crippen LogP contribution is 2.40. The van der Waals surface area contributed by atoms with Crippen molar-refractivity contribution in [1.29, 1.82) is 0 Å². The second kappa shape index (κ2) is 8.22. The molecule has 27 heavy (non-hydrogen) atoms. The number of anilines is 2. The van der Waals surface area contributed by atoms with Gasteiger partial charge in [0.15, 0.2) is 5.78 Å². The molecule has 3 rings (SSSR count). The van der Waals surface area contributed by atoms with Crippen LogP contribution in [0.1, 0.15) is 25.8 Å². The number of carbonyl (C=O) groups is 3. The summed E-state index contributed by atoms with van der Waals surface area (Å²) in [5, 5.41) is 5.79. The number of ketones is 2. The van der Waals surface area contributed by atoms with E-state index in [-0.39, 0.29) is 5.78 Å². The van der Waals surface area contributed by atoms with Crippen LogP contribution in [0.2, 0.25) is 0 Å². The van der Waals surface area contributed by atoms with Gasteiger partial charge in [0.2, 0.25) is 5.78 Å². The van der Waals surface area contributed by atoms with E-state index >= 15 is 0 Å². The number of aryl methyl sites for hydroxylation is 1. The first kappa shape index (κ1) is 18.9. The van der Waals surface area contributed by atoms with Gasteiger partial charge in [0, 0.05) is 16.3 Å². The Morgan fingerprint density at radius 1 is 1.04 bits per heavy atom. The summed E-state index contributed by atoms with van der Waals surface area (Å²) in [6, 6.07) is 14.9. The van der Waals surface area contributed by atoms with E-state index in [1.807, 2.05) is 43.3 Å². The van der Waals surface area contributed by atoms with Gasteiger partial charge in [0.05, 0.1) is 17.0 Å². The number of hydrogen-bond donors (Lipinski definition) is 2. The third-order valence-corrected chi connectivity index (χ3v) is 5.55. The van der Waals surface area contributed by atoms with E-state index in [0.29, 0.717) is 16.3 Å². The van der Waals surface area contributed by atoms with Crippen molar-refractivity contribution in [2.45, 2.75) is 31.6 Å². The lowest BCUT2D eigenvalue weighted by molar-refractivity contribution is -0.136. The summed E-state index contributed by atoms with van der Waals surface area (Å²) in [4.78, 5) is 38.5. The van der Waals surface area contributed by atoms with Gasteiger partial charge in [-0.2, -0.15) is 0 Å². The lowest BCUT2D eigenvalue weighted by Crippen LogP contribution is -2.26. The SMILES string of the molecule is CCc1ccccc1NC(=O)C(=O)CC(=O)C1=C(C)Nc2ccccc2S1. The summed E-state index contributed by atoms with van der Waals surface area (Å²) >= 11 is 1.32. The normalized spacial score (nSPS) is 12.8. The Morgan fingerprint density at radius 3 is 2.52 bits per heavy atom. The summed E-state index contributed by atoms with van der Waals surface area (Å²) in [6.45, 7) is 3.76. The van der Waals surface area contributed by atoms with Gasteiger partial charge < -0.3 is 10.6 Å². The van der Waals surface area contributed by atoms with Crippen molar-refractivity contribution >= 4 is 40.6 Å². The van der Waals surface area contributed by atoms with E-state index in [2.05, 4.69) is 10.6 Å². The Kier molecular flexibility index (Phi) is 5.76. The highest BCUT2D eigenvalue weighted by Gasteiger charge is 2.25. The molecule has 5 nitrogen and oxygen atoms in total. The molecule has 2 aromatic rings. The number of amides is 1. The molecule has 0 spiro atoms. The molecule has 6 heteroatoms. The van der Waals surface area contributed by atoms with E-state index in [9.17, 15) is 14.4 Å². The second-order valence-electron chi connectivity index (χ2n) is 6.17. The molecule has 1 heterocycles. The van der Waals surface area contributed by atoms with E-state index in [0.717, 1.165) is 22.6 Å². The molecule has 1 amide bonds. The fraction of sp³-hybridized carbons (Fsp3) is 0.190. The lowest BCUT2D eigenvalue weighted by atomic mass is 10.1. The smallest absolute Gasteiger partial charge is 0.292 e. The summed E-state index contributed by atoms with van der Waals surface area (Å²) in [5.41, 5.74) is 3.15. The average Bonchev–Trinajstić information content (AvgIpc) is 2.67. The molecule has 1 aliphatic rings. The van der Waals surface area contributed by atoms with Crippen LogP contribution in [0, 0.1) is 0 Å². The Hall–Kier alpha value is -2.86. The van der Waals surface area contributed by atoms with Gasteiger partial charge in [-0.1, -0.05) is 49.0 Å². The van der Waals surface area contributed by atoms with Gasteiger partial charge in [0.25, 0.3) is 5.91 Å². The molecule has 0 atom stereocenters. The third-order valence-electron chi connectivity index (χ3n) is 4.24. The number of fused-ring (bicyclic) bond motifs is 1. The lowest BCUT2D eigenvalue weighted by Gasteiger charge is -2.21. The van der Waals surface area contributed by atoms with Crippen molar-refractivity contribution in [2.75, 3.05) is 10.6 Å². The largest absolute Gasteiger partial charge is 0.357 e. The van der Waals surface area contributed by atoms with Crippen molar-refractivity contribution < 1.29 is 14.4 Å². The summed E-state index contributed by atoms with van der Waals surface area (Å²) in [6.07, 6.45) is 0.279. The molecule has 0 bridgehead atoms. The minimum Gasteiger partial charge on any atom is -0.357 e. The van der Waals surface area contributed by atoms with Crippen LogP contribution in [-0.2, 0) is 20.8 Å². The van der Waals surface area contributed by atoms with Gasteiger partial charge in [-0.15, -0.1) is 0 Å². The number of benzene rings is 2. The third kappa shape index (κ3) is 4.28. The predicted molar refractivity (Wildman–Crippen MR) is 108 cm³/mol. The fourth-order valence-corrected chi connectivity index (χ4v) is 3.80. The molecule has 0 aliphatic carbocycles. The van der Waals surface area contributed by atoms with Crippen LogP contribution in [0.15, 0.2) is 64.0 Å². The van der Waals surface area contributed by atoms with E-state index in [4.69, 9.17) is 0 Å². The minimum atomic E-state index is -0.767. The maximum atomic E-state index is 12.6. The second-order valence-corrected chi connectivity index (χ2v) is 7.22. The molecule has 0 fully saturated rings. The Labute approximate surface area is 162 Å². The number of nitrogens with one attached hydrogen (secondary N) is 2. The zero-order valence-corrected chi connectivity index (χ0v) is 16.0. The van der Waals surface area contributed by atoms with Gasteiger partial charge in [-0.25, -0.2) is 0 Å². The first-order valence-electron chi connectivity index (χ1n) is 8.69. The van der Waals surface area contributed by atoms with Gasteiger partial charge in [-0.05, 0) is 37.1 Å². The van der Waals surface area contributed by atoms with Crippen molar-refractivity contribution in [3.63, 3.8) is 0 Å². The maximum absolute atomic E-state index is 12.6. The average molecular weight is 380 g/mol. The minimum absolute atomic E-state index is 0.358. The number of para-hydroxylation sites is 2. The Morgan fingerprint density at radius 2 is 1.74 bits per heavy atom. The standard InChI is InChI=1S/C21H20N2O3S/c1-3-14-8-4-5-9-15(14)23-21(26)18(25)12-17(24)20-13(2)22-16-10-6-7-11-19(16)27-20/h4-11,22H,3,12H2,1-2H3,(H,23,26). The van der Waals surface area contributed by atoms with Gasteiger partial charge >= 0.3 is 0 Å². The van der Waals surface area contributed by atoms with Crippen molar-refractivity contribution in [1.82, 2.24) is 0 Å². The molecule has 0 aromatic heterocycles. The number of Topliss-reactive ketones (excluding diaryl/α,β-unsaturated/α-hetero) is 2. The van der Waals surface area contributed by atoms with Crippen LogP contribution in [0.5, 0.6) is 0 Å². The van der Waals surface area contributed by atoms with E-state index in [1.54, 1.807) is 19.1 Å². The Bertz CT molecular complexity index is 950. The fourth-order valence-electron chi connectivity index (χ4n) is 2.82. The summed E-state index contributed by atoms with van der Waals surface area (Å²) in [5.74, 6) is -1.87. The summed E-state index contributed by atoms with van der Waals surface area (Å²) in [7, 11) is 0. The number of allylic oxidation sites excluding steroid dienone is 2. The van der Waals surface area contributed by atoms with Gasteiger partial charge in [0.1, 0.15) is 0 Å². The first-order chi connectivity index (χ1) is 13.0. The van der Waals surface area contributed by atoms with Crippen LogP contribution >= 0.6 is 11.8 Å². The van der Waals surface area contributed by atoms with Gasteiger partial charge in [-0.3, -0.25) is 14.4 Å². The van der Waals surface area contributed by atoms with Crippen LogP contribution in [0.4, 0.5) is 11.4 Å². The number of rotatable bonds is 6. The number of hydrogen-bond acceptors (Lipinski definition) is 5. The van der Waals surface area contributed by atoms with E-state index < -0.39 is 18.1 Å². The Balaban J connectivity index is 1.67. The van der Waals surface area contributed by atoms with Crippen molar-refractivity contribution in [3.05, 3.63) is 64.7 Å². The van der Waals surface area contributed by atoms with Crippen LogP contribution < -0.4 is 10.6 Å². The number of thioether (sulfide) groups is 1. The van der Waals surface area contributed by atoms with Crippen LogP contribution in [0.3, 0.4) is 0 Å². The van der Waals surface area contributed by atoms with Crippen molar-refractivity contribution in [2.24, 2.45) is 0 Å². The molecule has 0 saturated heterocycles. The summed E-state index contributed by atoms with van der Waals surface area (Å²) < 4.78 is 0. The molecule has 2 aromatic carbocycles. The van der Waals surface area contributed by atoms with Crippen molar-refractivity contribution in [3.8, 4) is 0 Å².